The third-order valence-electron chi connectivity index (χ3n) is 2.17. The topological polar surface area (TPSA) is 12.4 Å². The maximum absolute atomic E-state index is 4.42. The normalized spacial score (nSPS) is 15.6. The molecular formula is C11H13NS2. The summed E-state index contributed by atoms with van der Waals surface area (Å²) in [6, 6.07) is 8.56. The molecule has 2 rings (SSSR count). The predicted molar refractivity (Wildman–Crippen MR) is 67.2 cm³/mol. The lowest BCUT2D eigenvalue weighted by Crippen LogP contribution is -1.88. The predicted octanol–water partition coefficient (Wildman–Crippen LogP) is 3.33. The van der Waals surface area contributed by atoms with E-state index in [9.17, 15) is 0 Å². The number of benzene rings is 1. The maximum atomic E-state index is 4.42. The van der Waals surface area contributed by atoms with Crippen LogP contribution in [0.5, 0.6) is 0 Å². The monoisotopic (exact) mass is 223 g/mol. The molecule has 14 heavy (non-hydrogen) atoms. The van der Waals surface area contributed by atoms with E-state index in [2.05, 4.69) is 36.2 Å². The van der Waals surface area contributed by atoms with E-state index >= 15 is 0 Å². The molecule has 0 N–H and O–H groups in total. The van der Waals surface area contributed by atoms with Crippen molar-refractivity contribution in [3.05, 3.63) is 35.4 Å². The number of aliphatic imine (C=N–C) groups is 1. The first-order valence-corrected chi connectivity index (χ1v) is 6.68. The van der Waals surface area contributed by atoms with Crippen molar-refractivity contribution < 1.29 is 0 Å². The molecule has 0 amide bonds. The van der Waals surface area contributed by atoms with Crippen LogP contribution >= 0.6 is 23.5 Å². The second kappa shape index (κ2) is 4.89. The largest absolute Gasteiger partial charge is 0.271 e. The van der Waals surface area contributed by atoms with Crippen LogP contribution in [0, 0.1) is 6.92 Å². The van der Waals surface area contributed by atoms with Crippen LogP contribution in [-0.2, 0) is 5.75 Å². The van der Waals surface area contributed by atoms with Crippen LogP contribution < -0.4 is 0 Å². The molecule has 1 heterocycles. The first-order chi connectivity index (χ1) is 6.86. The Morgan fingerprint density at radius 2 is 2.29 bits per heavy atom. The summed E-state index contributed by atoms with van der Waals surface area (Å²) in [5.41, 5.74) is 2.80. The quantitative estimate of drug-likeness (QED) is 0.762. The third-order valence-corrected chi connectivity index (χ3v) is 4.47. The molecule has 0 saturated carbocycles. The molecule has 0 bridgehead atoms. The van der Waals surface area contributed by atoms with Crippen LogP contribution in [0.15, 0.2) is 29.3 Å². The van der Waals surface area contributed by atoms with Crippen LogP contribution in [-0.4, -0.2) is 16.7 Å². The highest BCUT2D eigenvalue weighted by Crippen LogP contribution is 2.26. The number of hydrogen-bond donors (Lipinski definition) is 0. The summed E-state index contributed by atoms with van der Waals surface area (Å²) in [5.74, 6) is 2.22. The Kier molecular flexibility index (Phi) is 3.54. The minimum absolute atomic E-state index is 1.00. The van der Waals surface area contributed by atoms with Gasteiger partial charge in [-0.25, -0.2) is 0 Å². The first-order valence-electron chi connectivity index (χ1n) is 4.71. The highest BCUT2D eigenvalue weighted by atomic mass is 32.2. The Morgan fingerprint density at radius 3 is 3.00 bits per heavy atom. The van der Waals surface area contributed by atoms with Gasteiger partial charge < -0.3 is 0 Å². The second-order valence-electron chi connectivity index (χ2n) is 3.21. The molecule has 0 spiro atoms. The first kappa shape index (κ1) is 10.1. The van der Waals surface area contributed by atoms with E-state index in [0.717, 1.165) is 18.1 Å². The van der Waals surface area contributed by atoms with Crippen molar-refractivity contribution in [3.63, 3.8) is 0 Å². The Labute approximate surface area is 93.4 Å². The van der Waals surface area contributed by atoms with Crippen LogP contribution in [0.1, 0.15) is 11.1 Å². The Bertz CT molecular complexity index is 347. The van der Waals surface area contributed by atoms with Gasteiger partial charge in [-0.2, -0.15) is 0 Å². The molecule has 0 unspecified atom stereocenters. The highest BCUT2D eigenvalue weighted by Gasteiger charge is 2.07. The molecule has 1 aromatic carbocycles. The minimum atomic E-state index is 1.00. The van der Waals surface area contributed by atoms with Gasteiger partial charge in [0.05, 0.1) is 6.54 Å². The van der Waals surface area contributed by atoms with Gasteiger partial charge in [-0.1, -0.05) is 47.8 Å². The van der Waals surface area contributed by atoms with E-state index in [0.29, 0.717) is 0 Å². The van der Waals surface area contributed by atoms with Gasteiger partial charge in [-0.3, -0.25) is 4.99 Å². The summed E-state index contributed by atoms with van der Waals surface area (Å²) in [5, 5.41) is 0. The standard InChI is InChI=1S/C11H13NS2/c1-9-4-2-3-5-10(9)8-14-11-12-6-7-13-11/h2-5H,6-8H2,1H3. The van der Waals surface area contributed by atoms with Crippen molar-refractivity contribution >= 4 is 27.9 Å². The van der Waals surface area contributed by atoms with Gasteiger partial charge in [0.2, 0.25) is 0 Å². The molecule has 0 radical (unpaired) electrons. The SMILES string of the molecule is Cc1ccccc1CSC1=NCCS1. The van der Waals surface area contributed by atoms with E-state index in [1.807, 2.05) is 23.5 Å². The van der Waals surface area contributed by atoms with Gasteiger partial charge >= 0.3 is 0 Å². The van der Waals surface area contributed by atoms with Gasteiger partial charge in [0.1, 0.15) is 4.38 Å². The summed E-state index contributed by atoms with van der Waals surface area (Å²) < 4.78 is 1.26. The van der Waals surface area contributed by atoms with Crippen molar-refractivity contribution in [2.75, 3.05) is 12.3 Å². The summed E-state index contributed by atoms with van der Waals surface area (Å²) in [6.07, 6.45) is 0. The molecule has 0 atom stereocenters. The van der Waals surface area contributed by atoms with Crippen molar-refractivity contribution in [2.45, 2.75) is 12.7 Å². The molecule has 1 aromatic rings. The lowest BCUT2D eigenvalue weighted by molar-refractivity contribution is 1.18. The smallest absolute Gasteiger partial charge is 0.124 e. The van der Waals surface area contributed by atoms with E-state index in [4.69, 9.17) is 0 Å². The highest BCUT2D eigenvalue weighted by molar-refractivity contribution is 8.38. The number of rotatable bonds is 2. The molecule has 0 aromatic heterocycles. The summed E-state index contributed by atoms with van der Waals surface area (Å²) in [6.45, 7) is 3.17. The maximum Gasteiger partial charge on any atom is 0.124 e. The zero-order chi connectivity index (χ0) is 9.80. The van der Waals surface area contributed by atoms with Crippen molar-refractivity contribution in [1.82, 2.24) is 0 Å². The second-order valence-corrected chi connectivity index (χ2v) is 5.52. The average Bonchev–Trinajstić information content (AvgIpc) is 2.69. The Hall–Kier alpha value is -0.410. The molecule has 1 aliphatic heterocycles. The minimum Gasteiger partial charge on any atom is -0.271 e. The van der Waals surface area contributed by atoms with Crippen molar-refractivity contribution in [1.29, 1.82) is 0 Å². The van der Waals surface area contributed by atoms with Gasteiger partial charge in [-0.05, 0) is 18.1 Å². The fourth-order valence-electron chi connectivity index (χ4n) is 1.31. The lowest BCUT2D eigenvalue weighted by atomic mass is 10.1. The molecular weight excluding hydrogens is 210 g/mol. The average molecular weight is 223 g/mol. The summed E-state index contributed by atoms with van der Waals surface area (Å²) in [4.78, 5) is 4.42. The molecule has 0 fully saturated rings. The molecule has 0 aliphatic carbocycles. The van der Waals surface area contributed by atoms with Gasteiger partial charge in [0.25, 0.3) is 0 Å². The van der Waals surface area contributed by atoms with E-state index < -0.39 is 0 Å². The lowest BCUT2D eigenvalue weighted by Gasteiger charge is -2.04. The van der Waals surface area contributed by atoms with Crippen LogP contribution in [0.2, 0.25) is 0 Å². The number of aryl methyl sites for hydroxylation is 1. The van der Waals surface area contributed by atoms with Crippen molar-refractivity contribution in [2.24, 2.45) is 4.99 Å². The van der Waals surface area contributed by atoms with E-state index in [1.54, 1.807) is 0 Å². The zero-order valence-corrected chi connectivity index (χ0v) is 9.83. The third kappa shape index (κ3) is 2.55. The molecule has 74 valence electrons. The Balaban J connectivity index is 1.94. The molecule has 3 heteroatoms. The Morgan fingerprint density at radius 1 is 1.43 bits per heavy atom. The molecule has 1 aliphatic rings. The number of thioether (sulfide) groups is 2. The van der Waals surface area contributed by atoms with Crippen molar-refractivity contribution in [3.8, 4) is 0 Å². The van der Waals surface area contributed by atoms with Crippen LogP contribution in [0.4, 0.5) is 0 Å². The van der Waals surface area contributed by atoms with Crippen LogP contribution in [0.3, 0.4) is 0 Å². The van der Waals surface area contributed by atoms with E-state index in [1.165, 1.54) is 15.5 Å². The molecule has 1 nitrogen and oxygen atoms in total. The summed E-state index contributed by atoms with van der Waals surface area (Å²) in [7, 11) is 0. The molecule has 0 saturated heterocycles. The fourth-order valence-corrected chi connectivity index (χ4v) is 3.40. The van der Waals surface area contributed by atoms with Gasteiger partial charge in [-0.15, -0.1) is 0 Å². The summed E-state index contributed by atoms with van der Waals surface area (Å²) >= 11 is 3.74. The zero-order valence-electron chi connectivity index (χ0n) is 8.19. The van der Waals surface area contributed by atoms with Crippen LogP contribution in [0.25, 0.3) is 0 Å². The van der Waals surface area contributed by atoms with Gasteiger partial charge in [0.15, 0.2) is 0 Å². The number of nitrogens with zero attached hydrogens (tertiary/aromatic N) is 1. The van der Waals surface area contributed by atoms with E-state index in [-0.39, 0.29) is 0 Å². The van der Waals surface area contributed by atoms with Gasteiger partial charge in [0, 0.05) is 11.5 Å². The fraction of sp³-hybridized carbons (Fsp3) is 0.364. The number of hydrogen-bond acceptors (Lipinski definition) is 3.